The molecule has 1 aliphatic rings. The minimum Gasteiger partial charge on any atom is -0.487 e. The summed E-state index contributed by atoms with van der Waals surface area (Å²) in [5, 5.41) is 3.09. The standard InChI is InChI=1S/C17H17F2NO/c1-17(2)9-12-7-11(3-6-16(12)21-17)10-20-13-4-5-14(18)15(19)8-13/h3-8,20H,9-10H2,1-2H3. The van der Waals surface area contributed by atoms with Crippen LogP contribution in [0.1, 0.15) is 25.0 Å². The summed E-state index contributed by atoms with van der Waals surface area (Å²) in [6.07, 6.45) is 0.876. The Kier molecular flexibility index (Phi) is 3.32. The Morgan fingerprint density at radius 2 is 1.90 bits per heavy atom. The number of fused-ring (bicyclic) bond motifs is 1. The molecule has 0 aromatic heterocycles. The summed E-state index contributed by atoms with van der Waals surface area (Å²) in [4.78, 5) is 0. The van der Waals surface area contributed by atoms with Crippen LogP contribution in [0, 0.1) is 11.6 Å². The van der Waals surface area contributed by atoms with Crippen LogP contribution < -0.4 is 10.1 Å². The molecular weight excluding hydrogens is 272 g/mol. The number of benzene rings is 2. The van der Waals surface area contributed by atoms with Gasteiger partial charge >= 0.3 is 0 Å². The van der Waals surface area contributed by atoms with Crippen molar-refractivity contribution in [3.8, 4) is 5.75 Å². The lowest BCUT2D eigenvalue weighted by atomic mass is 10.0. The van der Waals surface area contributed by atoms with E-state index in [0.717, 1.165) is 29.9 Å². The minimum absolute atomic E-state index is 0.158. The molecule has 0 saturated carbocycles. The second kappa shape index (κ2) is 5.02. The summed E-state index contributed by atoms with van der Waals surface area (Å²) in [5.74, 6) is -0.752. The Hall–Kier alpha value is -2.10. The van der Waals surface area contributed by atoms with Crippen molar-refractivity contribution in [2.24, 2.45) is 0 Å². The second-order valence-electron chi connectivity index (χ2n) is 5.96. The molecule has 2 nitrogen and oxygen atoms in total. The monoisotopic (exact) mass is 289 g/mol. The van der Waals surface area contributed by atoms with E-state index < -0.39 is 11.6 Å². The fraction of sp³-hybridized carbons (Fsp3) is 0.294. The first-order valence-corrected chi connectivity index (χ1v) is 6.93. The molecule has 0 spiro atoms. The Bertz CT molecular complexity index is 682. The Morgan fingerprint density at radius 3 is 2.67 bits per heavy atom. The summed E-state index contributed by atoms with van der Waals surface area (Å²) in [6.45, 7) is 4.68. The molecule has 1 aliphatic heterocycles. The second-order valence-corrected chi connectivity index (χ2v) is 5.96. The first kappa shape index (κ1) is 13.9. The van der Waals surface area contributed by atoms with E-state index >= 15 is 0 Å². The van der Waals surface area contributed by atoms with Gasteiger partial charge in [0, 0.05) is 24.7 Å². The first-order valence-electron chi connectivity index (χ1n) is 6.93. The van der Waals surface area contributed by atoms with Gasteiger partial charge in [0.2, 0.25) is 0 Å². The van der Waals surface area contributed by atoms with Crippen molar-refractivity contribution < 1.29 is 13.5 Å². The highest BCUT2D eigenvalue weighted by molar-refractivity contribution is 5.46. The molecule has 110 valence electrons. The smallest absolute Gasteiger partial charge is 0.160 e. The van der Waals surface area contributed by atoms with Gasteiger partial charge in [-0.25, -0.2) is 8.78 Å². The molecule has 3 rings (SSSR count). The Morgan fingerprint density at radius 1 is 1.10 bits per heavy atom. The van der Waals surface area contributed by atoms with Gasteiger partial charge in [0.15, 0.2) is 11.6 Å². The van der Waals surface area contributed by atoms with Gasteiger partial charge in [-0.2, -0.15) is 0 Å². The van der Waals surface area contributed by atoms with Gasteiger partial charge < -0.3 is 10.1 Å². The van der Waals surface area contributed by atoms with Crippen molar-refractivity contribution in [3.63, 3.8) is 0 Å². The molecule has 21 heavy (non-hydrogen) atoms. The van der Waals surface area contributed by atoms with E-state index in [1.54, 1.807) is 0 Å². The first-order chi connectivity index (χ1) is 9.93. The number of hydrogen-bond acceptors (Lipinski definition) is 2. The van der Waals surface area contributed by atoms with Crippen LogP contribution in [0.3, 0.4) is 0 Å². The van der Waals surface area contributed by atoms with Crippen LogP contribution in [0.2, 0.25) is 0 Å². The summed E-state index contributed by atoms with van der Waals surface area (Å²) < 4.78 is 31.8. The van der Waals surface area contributed by atoms with Crippen LogP contribution in [0.15, 0.2) is 36.4 Å². The fourth-order valence-electron chi connectivity index (χ4n) is 2.58. The summed E-state index contributed by atoms with van der Waals surface area (Å²) in [7, 11) is 0. The van der Waals surface area contributed by atoms with Crippen LogP contribution in [0.4, 0.5) is 14.5 Å². The molecule has 2 aromatic carbocycles. The number of rotatable bonds is 3. The molecule has 0 amide bonds. The van der Waals surface area contributed by atoms with Crippen molar-refractivity contribution in [2.45, 2.75) is 32.4 Å². The maximum absolute atomic E-state index is 13.1. The van der Waals surface area contributed by atoms with Crippen molar-refractivity contribution in [2.75, 3.05) is 5.32 Å². The van der Waals surface area contributed by atoms with Gasteiger partial charge in [-0.15, -0.1) is 0 Å². The lowest BCUT2D eigenvalue weighted by Crippen LogP contribution is -2.24. The van der Waals surface area contributed by atoms with Crippen LogP contribution >= 0.6 is 0 Å². The molecular formula is C17H17F2NO. The van der Waals surface area contributed by atoms with Crippen LogP contribution in [0.25, 0.3) is 0 Å². The van der Waals surface area contributed by atoms with Crippen LogP contribution in [0.5, 0.6) is 5.75 Å². The molecule has 2 aromatic rings. The summed E-state index contributed by atoms with van der Waals surface area (Å²) >= 11 is 0. The number of ether oxygens (including phenoxy) is 1. The molecule has 1 heterocycles. The lowest BCUT2D eigenvalue weighted by molar-refractivity contribution is 0.138. The van der Waals surface area contributed by atoms with E-state index in [0.29, 0.717) is 12.2 Å². The highest BCUT2D eigenvalue weighted by Gasteiger charge is 2.29. The molecule has 1 N–H and O–H groups in total. The van der Waals surface area contributed by atoms with Crippen molar-refractivity contribution in [3.05, 3.63) is 59.2 Å². The number of halogens is 2. The van der Waals surface area contributed by atoms with E-state index in [2.05, 4.69) is 25.2 Å². The zero-order valence-corrected chi connectivity index (χ0v) is 12.0. The Balaban J connectivity index is 1.71. The summed E-state index contributed by atoms with van der Waals surface area (Å²) in [5.41, 5.74) is 2.67. The van der Waals surface area contributed by atoms with Gasteiger partial charge in [0.25, 0.3) is 0 Å². The highest BCUT2D eigenvalue weighted by Crippen LogP contribution is 2.35. The van der Waals surface area contributed by atoms with E-state index in [9.17, 15) is 8.78 Å². The van der Waals surface area contributed by atoms with Crippen molar-refractivity contribution >= 4 is 5.69 Å². The minimum atomic E-state index is -0.843. The quantitative estimate of drug-likeness (QED) is 0.910. The van der Waals surface area contributed by atoms with E-state index in [4.69, 9.17) is 4.74 Å². The molecule has 4 heteroatoms. The number of hydrogen-bond donors (Lipinski definition) is 1. The predicted molar refractivity (Wildman–Crippen MR) is 78.5 cm³/mol. The van der Waals surface area contributed by atoms with Gasteiger partial charge in [-0.1, -0.05) is 12.1 Å². The highest BCUT2D eigenvalue weighted by atomic mass is 19.2. The predicted octanol–water partition coefficient (Wildman–Crippen LogP) is 4.29. The average Bonchev–Trinajstić information content (AvgIpc) is 2.73. The normalized spacial score (nSPS) is 15.4. The molecule has 0 aliphatic carbocycles. The van der Waals surface area contributed by atoms with E-state index in [1.807, 2.05) is 12.1 Å². The van der Waals surface area contributed by atoms with Gasteiger partial charge in [-0.3, -0.25) is 0 Å². The molecule has 0 bridgehead atoms. The topological polar surface area (TPSA) is 21.3 Å². The number of anilines is 1. The largest absolute Gasteiger partial charge is 0.487 e. The molecule has 0 fully saturated rings. The van der Waals surface area contributed by atoms with E-state index in [1.165, 1.54) is 11.6 Å². The maximum atomic E-state index is 13.1. The van der Waals surface area contributed by atoms with E-state index in [-0.39, 0.29) is 5.60 Å². The third kappa shape index (κ3) is 2.99. The fourth-order valence-corrected chi connectivity index (χ4v) is 2.58. The molecule has 0 unspecified atom stereocenters. The number of nitrogens with one attached hydrogen (secondary N) is 1. The zero-order chi connectivity index (χ0) is 15.0. The van der Waals surface area contributed by atoms with Gasteiger partial charge in [0.1, 0.15) is 11.4 Å². The van der Waals surface area contributed by atoms with Gasteiger partial charge in [0.05, 0.1) is 0 Å². The maximum Gasteiger partial charge on any atom is 0.160 e. The third-order valence-electron chi connectivity index (χ3n) is 3.54. The van der Waals surface area contributed by atoms with Crippen molar-refractivity contribution in [1.29, 1.82) is 0 Å². The average molecular weight is 289 g/mol. The van der Waals surface area contributed by atoms with Crippen LogP contribution in [-0.4, -0.2) is 5.60 Å². The van der Waals surface area contributed by atoms with Gasteiger partial charge in [-0.05, 0) is 43.2 Å². The lowest BCUT2D eigenvalue weighted by Gasteiger charge is -2.16. The Labute approximate surface area is 122 Å². The van der Waals surface area contributed by atoms with Crippen molar-refractivity contribution in [1.82, 2.24) is 0 Å². The molecule has 0 saturated heterocycles. The summed E-state index contributed by atoms with van der Waals surface area (Å²) in [6, 6.07) is 9.85. The van der Waals surface area contributed by atoms with Crippen LogP contribution in [-0.2, 0) is 13.0 Å². The third-order valence-corrected chi connectivity index (χ3v) is 3.54. The SMILES string of the molecule is CC1(C)Cc2cc(CNc3ccc(F)c(F)c3)ccc2O1. The molecule has 0 atom stereocenters. The zero-order valence-electron chi connectivity index (χ0n) is 12.0. The molecule has 0 radical (unpaired) electrons.